The molecule has 2 aromatic carbocycles. The predicted octanol–water partition coefficient (Wildman–Crippen LogP) is 4.58. The van der Waals surface area contributed by atoms with Crippen LogP contribution in [0.25, 0.3) is 10.8 Å². The summed E-state index contributed by atoms with van der Waals surface area (Å²) >= 11 is 0. The Morgan fingerprint density at radius 3 is 2.55 bits per heavy atom. The van der Waals surface area contributed by atoms with Gasteiger partial charge in [0.25, 0.3) is 0 Å². The molecule has 0 saturated heterocycles. The van der Waals surface area contributed by atoms with Crippen molar-refractivity contribution in [3.8, 4) is 6.07 Å². The van der Waals surface area contributed by atoms with Crippen molar-refractivity contribution in [2.75, 3.05) is 6.61 Å². The number of ether oxygens (including phenoxy) is 1. The van der Waals surface area contributed by atoms with Crippen LogP contribution in [0.1, 0.15) is 31.9 Å². The first-order chi connectivity index (χ1) is 9.63. The number of rotatable bonds is 4. The average Bonchev–Trinajstić information content (AvgIpc) is 2.46. The standard InChI is InChI=1S/C18H19NO/c1-13(2)14(3)11-20-12-16-9-8-15-6-4-5-7-17(15)18(16)10-19/h4-9H,11-12H2,1-3H3. The van der Waals surface area contributed by atoms with E-state index in [0.717, 1.165) is 21.9 Å². The summed E-state index contributed by atoms with van der Waals surface area (Å²) in [6.07, 6.45) is 0. The molecule has 0 heterocycles. The van der Waals surface area contributed by atoms with Crippen molar-refractivity contribution in [2.24, 2.45) is 0 Å². The van der Waals surface area contributed by atoms with E-state index in [2.05, 4.69) is 26.8 Å². The molecule has 2 heteroatoms. The van der Waals surface area contributed by atoms with E-state index in [1.165, 1.54) is 11.1 Å². The van der Waals surface area contributed by atoms with Crippen LogP contribution >= 0.6 is 0 Å². The zero-order valence-electron chi connectivity index (χ0n) is 12.2. The molecule has 0 radical (unpaired) electrons. The smallest absolute Gasteiger partial charge is 0.100 e. The van der Waals surface area contributed by atoms with E-state index in [0.29, 0.717) is 13.2 Å². The molecule has 20 heavy (non-hydrogen) atoms. The Balaban J connectivity index is 2.23. The van der Waals surface area contributed by atoms with Gasteiger partial charge in [-0.1, -0.05) is 42.0 Å². The van der Waals surface area contributed by atoms with Gasteiger partial charge in [-0.15, -0.1) is 0 Å². The first-order valence-electron chi connectivity index (χ1n) is 6.75. The molecule has 2 aromatic rings. The van der Waals surface area contributed by atoms with Gasteiger partial charge in [0.15, 0.2) is 0 Å². The number of nitriles is 1. The zero-order chi connectivity index (χ0) is 14.5. The van der Waals surface area contributed by atoms with Crippen LogP contribution in [0, 0.1) is 11.3 Å². The molecule has 0 amide bonds. The Morgan fingerprint density at radius 2 is 1.85 bits per heavy atom. The maximum atomic E-state index is 9.40. The van der Waals surface area contributed by atoms with Gasteiger partial charge >= 0.3 is 0 Å². The topological polar surface area (TPSA) is 33.0 Å². The molecule has 0 spiro atoms. The summed E-state index contributed by atoms with van der Waals surface area (Å²) in [6.45, 7) is 7.31. The maximum Gasteiger partial charge on any atom is 0.100 e. The fourth-order valence-corrected chi connectivity index (χ4v) is 2.03. The number of allylic oxidation sites excluding steroid dienone is 1. The van der Waals surface area contributed by atoms with Crippen molar-refractivity contribution in [3.63, 3.8) is 0 Å². The molecule has 0 atom stereocenters. The maximum absolute atomic E-state index is 9.40. The molecular weight excluding hydrogens is 246 g/mol. The Morgan fingerprint density at radius 1 is 1.10 bits per heavy atom. The summed E-state index contributed by atoms with van der Waals surface area (Å²) in [6, 6.07) is 14.3. The Hall–Kier alpha value is -2.11. The minimum Gasteiger partial charge on any atom is -0.372 e. The SMILES string of the molecule is CC(C)=C(C)COCc1ccc2ccccc2c1C#N. The van der Waals surface area contributed by atoms with Crippen LogP contribution in [0.3, 0.4) is 0 Å². The van der Waals surface area contributed by atoms with Crippen LogP contribution < -0.4 is 0 Å². The normalized spacial score (nSPS) is 10.3. The van der Waals surface area contributed by atoms with Crippen molar-refractivity contribution in [1.29, 1.82) is 5.26 Å². The highest BCUT2D eigenvalue weighted by Gasteiger charge is 2.07. The van der Waals surface area contributed by atoms with E-state index in [-0.39, 0.29) is 0 Å². The van der Waals surface area contributed by atoms with E-state index >= 15 is 0 Å². The van der Waals surface area contributed by atoms with Crippen LogP contribution in [-0.2, 0) is 11.3 Å². The molecule has 0 aliphatic carbocycles. The number of hydrogen-bond donors (Lipinski definition) is 0. The Labute approximate surface area is 120 Å². The predicted molar refractivity (Wildman–Crippen MR) is 82.4 cm³/mol. The molecule has 2 rings (SSSR count). The third-order valence-electron chi connectivity index (χ3n) is 3.56. The Bertz CT molecular complexity index is 688. The van der Waals surface area contributed by atoms with Crippen molar-refractivity contribution < 1.29 is 4.74 Å². The number of benzene rings is 2. The van der Waals surface area contributed by atoms with Crippen LogP contribution in [0.15, 0.2) is 47.5 Å². The molecule has 102 valence electrons. The zero-order valence-corrected chi connectivity index (χ0v) is 12.2. The van der Waals surface area contributed by atoms with E-state index < -0.39 is 0 Å². The number of nitrogens with zero attached hydrogens (tertiary/aromatic N) is 1. The van der Waals surface area contributed by atoms with Gasteiger partial charge < -0.3 is 4.74 Å². The van der Waals surface area contributed by atoms with E-state index in [1.54, 1.807) is 0 Å². The van der Waals surface area contributed by atoms with Gasteiger partial charge in [-0.3, -0.25) is 0 Å². The van der Waals surface area contributed by atoms with E-state index in [1.807, 2.05) is 36.4 Å². The minimum absolute atomic E-state index is 0.471. The summed E-state index contributed by atoms with van der Waals surface area (Å²) in [5.74, 6) is 0. The molecule has 0 bridgehead atoms. The van der Waals surface area contributed by atoms with Crippen molar-refractivity contribution in [3.05, 3.63) is 58.7 Å². The van der Waals surface area contributed by atoms with Gasteiger partial charge in [0.1, 0.15) is 6.07 Å². The lowest BCUT2D eigenvalue weighted by Crippen LogP contribution is -2.00. The van der Waals surface area contributed by atoms with Crippen LogP contribution in [0.5, 0.6) is 0 Å². The first-order valence-corrected chi connectivity index (χ1v) is 6.75. The molecule has 0 fully saturated rings. The van der Waals surface area contributed by atoms with Gasteiger partial charge in [-0.25, -0.2) is 0 Å². The fraction of sp³-hybridized carbons (Fsp3) is 0.278. The quantitative estimate of drug-likeness (QED) is 0.758. The highest BCUT2D eigenvalue weighted by molar-refractivity contribution is 5.88. The second-order valence-electron chi connectivity index (χ2n) is 5.21. The third kappa shape index (κ3) is 3.07. The number of hydrogen-bond acceptors (Lipinski definition) is 2. The monoisotopic (exact) mass is 265 g/mol. The third-order valence-corrected chi connectivity index (χ3v) is 3.56. The molecule has 0 N–H and O–H groups in total. The fourth-order valence-electron chi connectivity index (χ4n) is 2.03. The molecule has 0 aromatic heterocycles. The molecule has 0 saturated carbocycles. The lowest BCUT2D eigenvalue weighted by atomic mass is 10.0. The largest absolute Gasteiger partial charge is 0.372 e. The van der Waals surface area contributed by atoms with Gasteiger partial charge in [-0.2, -0.15) is 5.26 Å². The molecule has 2 nitrogen and oxygen atoms in total. The van der Waals surface area contributed by atoms with Gasteiger partial charge in [0.2, 0.25) is 0 Å². The van der Waals surface area contributed by atoms with Crippen molar-refractivity contribution in [2.45, 2.75) is 27.4 Å². The Kier molecular flexibility index (Phi) is 4.55. The summed E-state index contributed by atoms with van der Waals surface area (Å²) in [4.78, 5) is 0. The highest BCUT2D eigenvalue weighted by atomic mass is 16.5. The van der Waals surface area contributed by atoms with Crippen LogP contribution in [-0.4, -0.2) is 6.61 Å². The van der Waals surface area contributed by atoms with E-state index in [4.69, 9.17) is 4.74 Å². The second kappa shape index (κ2) is 6.36. The molecular formula is C18H19NO. The summed E-state index contributed by atoms with van der Waals surface area (Å²) in [7, 11) is 0. The number of fused-ring (bicyclic) bond motifs is 1. The summed E-state index contributed by atoms with van der Waals surface area (Å²) in [5, 5.41) is 11.5. The van der Waals surface area contributed by atoms with Crippen LogP contribution in [0.2, 0.25) is 0 Å². The van der Waals surface area contributed by atoms with Crippen molar-refractivity contribution >= 4 is 10.8 Å². The highest BCUT2D eigenvalue weighted by Crippen LogP contribution is 2.22. The first kappa shape index (κ1) is 14.3. The van der Waals surface area contributed by atoms with E-state index in [9.17, 15) is 5.26 Å². The van der Waals surface area contributed by atoms with Crippen LogP contribution in [0.4, 0.5) is 0 Å². The molecule has 0 aliphatic rings. The van der Waals surface area contributed by atoms with Gasteiger partial charge in [0, 0.05) is 0 Å². The second-order valence-corrected chi connectivity index (χ2v) is 5.21. The van der Waals surface area contributed by atoms with Crippen molar-refractivity contribution in [1.82, 2.24) is 0 Å². The van der Waals surface area contributed by atoms with Gasteiger partial charge in [0.05, 0.1) is 18.8 Å². The lowest BCUT2D eigenvalue weighted by Gasteiger charge is -2.09. The average molecular weight is 265 g/mol. The summed E-state index contributed by atoms with van der Waals surface area (Å²) in [5.41, 5.74) is 4.19. The summed E-state index contributed by atoms with van der Waals surface area (Å²) < 4.78 is 5.73. The lowest BCUT2D eigenvalue weighted by molar-refractivity contribution is 0.142. The van der Waals surface area contributed by atoms with Gasteiger partial charge in [-0.05, 0) is 42.7 Å². The minimum atomic E-state index is 0.471. The molecule has 0 aliphatic heterocycles. The molecule has 0 unspecified atom stereocenters.